The summed E-state index contributed by atoms with van der Waals surface area (Å²) in [5, 5.41) is 0. The molecule has 0 aromatic carbocycles. The molecule has 1 atom stereocenters. The Labute approximate surface area is 114 Å². The maximum atomic E-state index is 12.4. The highest BCUT2D eigenvalue weighted by Gasteiger charge is 2.20. The average molecular weight is 255 g/mol. The molecule has 2 nitrogen and oxygen atoms in total. The van der Waals surface area contributed by atoms with Crippen LogP contribution in [0.2, 0.25) is 0 Å². The summed E-state index contributed by atoms with van der Waals surface area (Å²) in [7, 11) is 0. The van der Waals surface area contributed by atoms with E-state index >= 15 is 0 Å². The van der Waals surface area contributed by atoms with Crippen LogP contribution in [0, 0.1) is 5.92 Å². The fourth-order valence-corrected chi connectivity index (χ4v) is 2.36. The molecular formula is C16H33NO. The summed E-state index contributed by atoms with van der Waals surface area (Å²) in [6.45, 7) is 10.5. The van der Waals surface area contributed by atoms with Crippen molar-refractivity contribution in [3.05, 3.63) is 0 Å². The van der Waals surface area contributed by atoms with E-state index in [-0.39, 0.29) is 5.92 Å². The Morgan fingerprint density at radius 2 is 1.61 bits per heavy atom. The monoisotopic (exact) mass is 255 g/mol. The fourth-order valence-electron chi connectivity index (χ4n) is 2.36. The van der Waals surface area contributed by atoms with Crippen molar-refractivity contribution in [1.29, 1.82) is 0 Å². The van der Waals surface area contributed by atoms with E-state index in [2.05, 4.69) is 32.6 Å². The van der Waals surface area contributed by atoms with Crippen molar-refractivity contribution in [2.45, 2.75) is 79.1 Å². The highest BCUT2D eigenvalue weighted by atomic mass is 16.2. The van der Waals surface area contributed by atoms with Crippen LogP contribution in [0.4, 0.5) is 0 Å². The van der Waals surface area contributed by atoms with Crippen LogP contribution in [0.25, 0.3) is 0 Å². The van der Waals surface area contributed by atoms with Gasteiger partial charge >= 0.3 is 0 Å². The van der Waals surface area contributed by atoms with Gasteiger partial charge in [0.25, 0.3) is 0 Å². The summed E-state index contributed by atoms with van der Waals surface area (Å²) < 4.78 is 0. The van der Waals surface area contributed by atoms with Gasteiger partial charge in [0, 0.05) is 19.0 Å². The van der Waals surface area contributed by atoms with Gasteiger partial charge in [0.15, 0.2) is 0 Å². The topological polar surface area (TPSA) is 20.3 Å². The molecule has 0 aliphatic rings. The van der Waals surface area contributed by atoms with Gasteiger partial charge in [-0.1, -0.05) is 52.9 Å². The van der Waals surface area contributed by atoms with Crippen LogP contribution in [0.3, 0.4) is 0 Å². The van der Waals surface area contributed by atoms with E-state index in [1.54, 1.807) is 0 Å². The van der Waals surface area contributed by atoms with Crippen molar-refractivity contribution in [2.75, 3.05) is 13.1 Å². The molecule has 18 heavy (non-hydrogen) atoms. The molecule has 0 aliphatic heterocycles. The minimum absolute atomic E-state index is 0.260. The molecule has 0 radical (unpaired) electrons. The zero-order valence-electron chi connectivity index (χ0n) is 13.0. The van der Waals surface area contributed by atoms with Crippen LogP contribution < -0.4 is 0 Å². The first-order valence-electron chi connectivity index (χ1n) is 7.99. The summed E-state index contributed by atoms with van der Waals surface area (Å²) in [5.41, 5.74) is 0. The van der Waals surface area contributed by atoms with Gasteiger partial charge in [-0.05, 0) is 26.2 Å². The number of carbonyl (C=O) groups is 1. The van der Waals surface area contributed by atoms with Gasteiger partial charge in [-0.2, -0.15) is 0 Å². The largest absolute Gasteiger partial charge is 0.343 e. The molecule has 0 N–H and O–H groups in total. The number of rotatable bonds is 11. The molecule has 0 spiro atoms. The highest BCUT2D eigenvalue weighted by molar-refractivity contribution is 5.78. The zero-order valence-corrected chi connectivity index (χ0v) is 13.0. The molecule has 0 aliphatic carbocycles. The molecule has 0 saturated carbocycles. The molecule has 1 amide bonds. The first-order valence-corrected chi connectivity index (χ1v) is 7.99. The van der Waals surface area contributed by atoms with Crippen molar-refractivity contribution in [2.24, 2.45) is 5.92 Å². The van der Waals surface area contributed by atoms with Crippen LogP contribution >= 0.6 is 0 Å². The van der Waals surface area contributed by atoms with Crippen molar-refractivity contribution < 1.29 is 4.79 Å². The van der Waals surface area contributed by atoms with Crippen molar-refractivity contribution >= 4 is 5.91 Å². The third kappa shape index (κ3) is 7.03. The second-order valence-corrected chi connectivity index (χ2v) is 5.23. The number of carbonyl (C=O) groups excluding carboxylic acids is 1. The smallest absolute Gasteiger partial charge is 0.225 e. The molecule has 0 aromatic heterocycles. The second-order valence-electron chi connectivity index (χ2n) is 5.23. The molecule has 0 saturated heterocycles. The van der Waals surface area contributed by atoms with E-state index in [0.717, 1.165) is 32.4 Å². The van der Waals surface area contributed by atoms with Crippen molar-refractivity contribution in [1.82, 2.24) is 4.90 Å². The van der Waals surface area contributed by atoms with Gasteiger partial charge in [0.2, 0.25) is 5.91 Å². The normalized spacial score (nSPS) is 12.4. The summed E-state index contributed by atoms with van der Waals surface area (Å²) in [6.07, 6.45) is 9.39. The first-order chi connectivity index (χ1) is 8.71. The molecular weight excluding hydrogens is 222 g/mol. The molecule has 0 aromatic rings. The van der Waals surface area contributed by atoms with Gasteiger partial charge in [0.1, 0.15) is 0 Å². The molecule has 0 fully saturated rings. The lowest BCUT2D eigenvalue weighted by molar-refractivity contribution is -0.135. The average Bonchev–Trinajstić information content (AvgIpc) is 2.39. The Balaban J connectivity index is 4.12. The minimum Gasteiger partial charge on any atom is -0.343 e. The molecule has 0 bridgehead atoms. The van der Waals surface area contributed by atoms with E-state index in [4.69, 9.17) is 0 Å². The van der Waals surface area contributed by atoms with Gasteiger partial charge < -0.3 is 4.90 Å². The zero-order chi connectivity index (χ0) is 13.8. The lowest BCUT2D eigenvalue weighted by Crippen LogP contribution is -2.36. The maximum Gasteiger partial charge on any atom is 0.225 e. The Hall–Kier alpha value is -0.530. The van der Waals surface area contributed by atoms with E-state index in [0.29, 0.717) is 5.91 Å². The standard InChI is InChI=1S/C16H33NO/c1-5-9-11-12-14-17(8-4)16(18)15(7-3)13-10-6-2/h15H,5-14H2,1-4H3. The van der Waals surface area contributed by atoms with E-state index in [1.807, 2.05) is 0 Å². The number of hydrogen-bond donors (Lipinski definition) is 0. The Kier molecular flexibility index (Phi) is 11.2. The minimum atomic E-state index is 0.260. The molecule has 0 rings (SSSR count). The third-order valence-electron chi connectivity index (χ3n) is 3.72. The first kappa shape index (κ1) is 17.5. The predicted octanol–water partition coefficient (Wildman–Crippen LogP) is 4.63. The number of hydrogen-bond acceptors (Lipinski definition) is 1. The van der Waals surface area contributed by atoms with Crippen LogP contribution in [0.1, 0.15) is 79.1 Å². The van der Waals surface area contributed by atoms with Crippen molar-refractivity contribution in [3.63, 3.8) is 0 Å². The molecule has 108 valence electrons. The number of nitrogens with zero attached hydrogens (tertiary/aromatic N) is 1. The third-order valence-corrected chi connectivity index (χ3v) is 3.72. The van der Waals surface area contributed by atoms with Crippen LogP contribution in [0.5, 0.6) is 0 Å². The lowest BCUT2D eigenvalue weighted by atomic mass is 9.97. The SMILES string of the molecule is CCCCCCN(CC)C(=O)C(CC)CCCC. The second kappa shape index (κ2) is 11.6. The van der Waals surface area contributed by atoms with Crippen LogP contribution in [-0.4, -0.2) is 23.9 Å². The van der Waals surface area contributed by atoms with Gasteiger partial charge in [0.05, 0.1) is 0 Å². The Morgan fingerprint density at radius 3 is 2.11 bits per heavy atom. The molecule has 2 heteroatoms. The summed E-state index contributed by atoms with van der Waals surface area (Å²) in [5.74, 6) is 0.654. The highest BCUT2D eigenvalue weighted by Crippen LogP contribution is 2.16. The van der Waals surface area contributed by atoms with E-state index in [1.165, 1.54) is 32.1 Å². The van der Waals surface area contributed by atoms with Gasteiger partial charge in [-0.3, -0.25) is 4.79 Å². The predicted molar refractivity (Wildman–Crippen MR) is 79.7 cm³/mol. The van der Waals surface area contributed by atoms with E-state index in [9.17, 15) is 4.79 Å². The quantitative estimate of drug-likeness (QED) is 0.493. The number of unbranched alkanes of at least 4 members (excludes halogenated alkanes) is 4. The van der Waals surface area contributed by atoms with Gasteiger partial charge in [-0.25, -0.2) is 0 Å². The number of amides is 1. The van der Waals surface area contributed by atoms with Crippen LogP contribution in [-0.2, 0) is 4.79 Å². The maximum absolute atomic E-state index is 12.4. The Morgan fingerprint density at radius 1 is 0.944 bits per heavy atom. The summed E-state index contributed by atoms with van der Waals surface area (Å²) in [6, 6.07) is 0. The fraction of sp³-hybridized carbons (Fsp3) is 0.938. The van der Waals surface area contributed by atoms with Gasteiger partial charge in [-0.15, -0.1) is 0 Å². The molecule has 1 unspecified atom stereocenters. The summed E-state index contributed by atoms with van der Waals surface area (Å²) >= 11 is 0. The molecule has 0 heterocycles. The van der Waals surface area contributed by atoms with Crippen LogP contribution in [0.15, 0.2) is 0 Å². The Bertz CT molecular complexity index is 203. The van der Waals surface area contributed by atoms with Crippen molar-refractivity contribution in [3.8, 4) is 0 Å². The summed E-state index contributed by atoms with van der Waals surface area (Å²) in [4.78, 5) is 14.5. The lowest BCUT2D eigenvalue weighted by Gasteiger charge is -2.25. The van der Waals surface area contributed by atoms with E-state index < -0.39 is 0 Å².